The molecule has 0 aromatic heterocycles. The topological polar surface area (TPSA) is 66.6 Å². The summed E-state index contributed by atoms with van der Waals surface area (Å²) in [7, 11) is -1.85. The summed E-state index contributed by atoms with van der Waals surface area (Å²) >= 11 is 4.91. The summed E-state index contributed by atoms with van der Waals surface area (Å²) in [6, 6.07) is -0.390. The fraction of sp³-hybridized carbons (Fsp3) is 0.889. The van der Waals surface area contributed by atoms with Gasteiger partial charge in [-0.3, -0.25) is 0 Å². The van der Waals surface area contributed by atoms with E-state index in [1.165, 1.54) is 8.61 Å². The third-order valence-corrected chi connectivity index (χ3v) is 5.37. The van der Waals surface area contributed by atoms with Gasteiger partial charge < -0.3 is 5.73 Å². The summed E-state index contributed by atoms with van der Waals surface area (Å²) in [5.74, 6) is 0. The second-order valence-corrected chi connectivity index (χ2v) is 6.70. The lowest BCUT2D eigenvalue weighted by Gasteiger charge is -2.30. The lowest BCUT2D eigenvalue weighted by atomic mass is 10.2. The quantitative estimate of drug-likeness (QED) is 0.744. The zero-order valence-electron chi connectivity index (χ0n) is 9.88. The maximum atomic E-state index is 12.2. The molecule has 16 heavy (non-hydrogen) atoms. The summed E-state index contributed by atoms with van der Waals surface area (Å²) in [5, 5.41) is 0. The van der Waals surface area contributed by atoms with E-state index in [1.807, 2.05) is 13.8 Å². The molecule has 1 aliphatic heterocycles. The lowest BCUT2D eigenvalue weighted by molar-refractivity contribution is 0.347. The van der Waals surface area contributed by atoms with Crippen molar-refractivity contribution in [1.82, 2.24) is 8.61 Å². The predicted molar refractivity (Wildman–Crippen MR) is 68.3 cm³/mol. The van der Waals surface area contributed by atoms with Gasteiger partial charge in [0.05, 0.1) is 11.0 Å². The summed E-state index contributed by atoms with van der Waals surface area (Å²) in [6.07, 6.45) is 1.54. The SMILES string of the molecule is CC(C)N(C)S(=O)(=O)N1CCCC1C(N)=S. The zero-order valence-corrected chi connectivity index (χ0v) is 11.5. The average molecular weight is 265 g/mol. The summed E-state index contributed by atoms with van der Waals surface area (Å²) in [6.45, 7) is 4.17. The Morgan fingerprint density at radius 1 is 1.56 bits per heavy atom. The molecule has 94 valence electrons. The van der Waals surface area contributed by atoms with Crippen molar-refractivity contribution in [3.8, 4) is 0 Å². The Labute approximate surface area is 103 Å². The molecule has 5 nitrogen and oxygen atoms in total. The van der Waals surface area contributed by atoms with E-state index >= 15 is 0 Å². The second-order valence-electron chi connectivity index (χ2n) is 4.29. The highest BCUT2D eigenvalue weighted by Gasteiger charge is 2.38. The first kappa shape index (κ1) is 13.8. The fourth-order valence-corrected chi connectivity index (χ4v) is 3.81. The van der Waals surface area contributed by atoms with Crippen LogP contribution < -0.4 is 5.73 Å². The van der Waals surface area contributed by atoms with Crippen LogP contribution in [0.3, 0.4) is 0 Å². The van der Waals surface area contributed by atoms with Crippen molar-refractivity contribution in [2.24, 2.45) is 5.73 Å². The number of hydrogen-bond donors (Lipinski definition) is 1. The van der Waals surface area contributed by atoms with E-state index in [-0.39, 0.29) is 17.1 Å². The Bertz CT molecular complexity index is 367. The van der Waals surface area contributed by atoms with Crippen molar-refractivity contribution in [2.75, 3.05) is 13.6 Å². The van der Waals surface area contributed by atoms with Gasteiger partial charge in [-0.05, 0) is 26.7 Å². The molecular weight excluding hydrogens is 246 g/mol. The monoisotopic (exact) mass is 265 g/mol. The van der Waals surface area contributed by atoms with E-state index in [0.29, 0.717) is 6.54 Å². The maximum absolute atomic E-state index is 12.2. The van der Waals surface area contributed by atoms with Crippen LogP contribution in [0.1, 0.15) is 26.7 Å². The van der Waals surface area contributed by atoms with Crippen LogP contribution in [0, 0.1) is 0 Å². The van der Waals surface area contributed by atoms with Crippen LogP contribution in [0.4, 0.5) is 0 Å². The Balaban J connectivity index is 2.95. The molecule has 0 aliphatic carbocycles. The Morgan fingerprint density at radius 3 is 2.56 bits per heavy atom. The van der Waals surface area contributed by atoms with E-state index in [9.17, 15) is 8.42 Å². The number of hydrogen-bond acceptors (Lipinski definition) is 3. The number of nitrogens with two attached hydrogens (primary N) is 1. The molecule has 1 heterocycles. The normalized spacial score (nSPS) is 23.2. The predicted octanol–water partition coefficient (Wildman–Crippen LogP) is 0.322. The van der Waals surface area contributed by atoms with Crippen LogP contribution in [-0.4, -0.2) is 47.7 Å². The second kappa shape index (κ2) is 4.95. The third-order valence-electron chi connectivity index (χ3n) is 2.92. The minimum absolute atomic E-state index is 0.0717. The molecule has 1 aliphatic rings. The Hall–Kier alpha value is -0.240. The molecule has 1 atom stereocenters. The van der Waals surface area contributed by atoms with E-state index in [1.54, 1.807) is 7.05 Å². The van der Waals surface area contributed by atoms with Crippen LogP contribution >= 0.6 is 12.2 Å². The van der Waals surface area contributed by atoms with Crippen molar-refractivity contribution < 1.29 is 8.42 Å². The molecule has 0 aromatic carbocycles. The molecular formula is C9H19N3O2S2. The van der Waals surface area contributed by atoms with Crippen LogP contribution in [-0.2, 0) is 10.2 Å². The van der Waals surface area contributed by atoms with Crippen molar-refractivity contribution in [2.45, 2.75) is 38.8 Å². The molecule has 0 aromatic rings. The summed E-state index contributed by atoms with van der Waals surface area (Å²) in [4.78, 5) is 0.262. The molecule has 0 saturated carbocycles. The van der Waals surface area contributed by atoms with Gasteiger partial charge in [0.2, 0.25) is 0 Å². The van der Waals surface area contributed by atoms with E-state index in [0.717, 1.165) is 12.8 Å². The standard InChI is InChI=1S/C9H19N3O2S2/c1-7(2)11(3)16(13,14)12-6-4-5-8(12)9(10)15/h7-8H,4-6H2,1-3H3,(H2,10,15). The van der Waals surface area contributed by atoms with Crippen molar-refractivity contribution in [1.29, 1.82) is 0 Å². The van der Waals surface area contributed by atoms with E-state index in [2.05, 4.69) is 0 Å². The largest absolute Gasteiger partial charge is 0.392 e. The molecule has 1 saturated heterocycles. The number of rotatable bonds is 4. The first-order chi connectivity index (χ1) is 7.28. The van der Waals surface area contributed by atoms with Crippen molar-refractivity contribution >= 4 is 27.4 Å². The van der Waals surface area contributed by atoms with Gasteiger partial charge in [-0.15, -0.1) is 0 Å². The molecule has 0 radical (unpaired) electrons. The number of nitrogens with zero attached hydrogens (tertiary/aromatic N) is 2. The maximum Gasteiger partial charge on any atom is 0.282 e. The molecule has 0 spiro atoms. The first-order valence-electron chi connectivity index (χ1n) is 5.32. The van der Waals surface area contributed by atoms with Gasteiger partial charge in [0.25, 0.3) is 10.2 Å². The van der Waals surface area contributed by atoms with Gasteiger partial charge in [0, 0.05) is 19.6 Å². The number of thiocarbonyl (C=S) groups is 1. The van der Waals surface area contributed by atoms with Crippen LogP contribution in [0.2, 0.25) is 0 Å². The van der Waals surface area contributed by atoms with Crippen molar-refractivity contribution in [3.05, 3.63) is 0 Å². The smallest absolute Gasteiger partial charge is 0.282 e. The Morgan fingerprint density at radius 2 is 2.12 bits per heavy atom. The van der Waals surface area contributed by atoms with Crippen molar-refractivity contribution in [3.63, 3.8) is 0 Å². The third kappa shape index (κ3) is 2.53. The molecule has 0 amide bonds. The van der Waals surface area contributed by atoms with Crippen LogP contribution in [0.25, 0.3) is 0 Å². The van der Waals surface area contributed by atoms with Crippen LogP contribution in [0.5, 0.6) is 0 Å². The average Bonchev–Trinajstić information content (AvgIpc) is 2.65. The van der Waals surface area contributed by atoms with Gasteiger partial charge >= 0.3 is 0 Å². The first-order valence-corrected chi connectivity index (χ1v) is 7.13. The van der Waals surface area contributed by atoms with Gasteiger partial charge in [0.1, 0.15) is 0 Å². The highest BCUT2D eigenvalue weighted by atomic mass is 32.2. The van der Waals surface area contributed by atoms with Gasteiger partial charge in [-0.2, -0.15) is 17.0 Å². The van der Waals surface area contributed by atoms with Crippen LogP contribution in [0.15, 0.2) is 0 Å². The highest BCUT2D eigenvalue weighted by Crippen LogP contribution is 2.23. The minimum atomic E-state index is -3.43. The molecule has 7 heteroatoms. The molecule has 1 unspecified atom stereocenters. The molecule has 0 bridgehead atoms. The zero-order chi connectivity index (χ0) is 12.5. The molecule has 1 fully saturated rings. The summed E-state index contributed by atoms with van der Waals surface area (Å²) in [5.41, 5.74) is 5.57. The highest BCUT2D eigenvalue weighted by molar-refractivity contribution is 7.87. The Kier molecular flexibility index (Phi) is 4.28. The molecule has 1 rings (SSSR count). The molecule has 2 N–H and O–H groups in total. The van der Waals surface area contributed by atoms with E-state index in [4.69, 9.17) is 18.0 Å². The lowest BCUT2D eigenvalue weighted by Crippen LogP contribution is -2.50. The van der Waals surface area contributed by atoms with E-state index < -0.39 is 10.2 Å². The van der Waals surface area contributed by atoms with Gasteiger partial charge in [-0.25, -0.2) is 0 Å². The van der Waals surface area contributed by atoms with Gasteiger partial charge in [-0.1, -0.05) is 12.2 Å². The van der Waals surface area contributed by atoms with Gasteiger partial charge in [0.15, 0.2) is 0 Å². The summed E-state index contributed by atoms with van der Waals surface area (Å²) < 4.78 is 27.2. The fourth-order valence-electron chi connectivity index (χ4n) is 1.73. The minimum Gasteiger partial charge on any atom is -0.392 e.